The third-order valence-corrected chi connectivity index (χ3v) is 2.28. The summed E-state index contributed by atoms with van der Waals surface area (Å²) in [6.45, 7) is 6.89. The molecule has 1 heterocycles. The van der Waals surface area contributed by atoms with Crippen LogP contribution >= 0.6 is 0 Å². The van der Waals surface area contributed by atoms with Crippen molar-refractivity contribution in [1.82, 2.24) is 9.97 Å². The van der Waals surface area contributed by atoms with Crippen LogP contribution in [0.5, 0.6) is 0 Å². The predicted molar refractivity (Wildman–Crippen MR) is 70.5 cm³/mol. The van der Waals surface area contributed by atoms with Crippen molar-refractivity contribution in [3.8, 4) is 0 Å². The first-order valence-corrected chi connectivity index (χ1v) is 5.89. The molecule has 106 valence electrons. The Kier molecular flexibility index (Phi) is 4.43. The van der Waals surface area contributed by atoms with Crippen LogP contribution in [0.4, 0.5) is 10.7 Å². The third-order valence-electron chi connectivity index (χ3n) is 2.28. The highest BCUT2D eigenvalue weighted by atomic mass is 16.6. The van der Waals surface area contributed by atoms with Gasteiger partial charge in [-0.2, -0.15) is 0 Å². The van der Waals surface area contributed by atoms with E-state index < -0.39 is 17.3 Å². The summed E-state index contributed by atoms with van der Waals surface area (Å²) in [4.78, 5) is 19.3. The summed E-state index contributed by atoms with van der Waals surface area (Å²) >= 11 is 0. The number of ether oxygens (including phenoxy) is 1. The normalized spacial score (nSPS) is 14.6. The van der Waals surface area contributed by atoms with Crippen LogP contribution < -0.4 is 11.1 Å². The lowest BCUT2D eigenvalue weighted by Gasteiger charge is -2.21. The van der Waals surface area contributed by atoms with Gasteiger partial charge in [-0.1, -0.05) is 0 Å². The molecule has 1 rings (SSSR count). The van der Waals surface area contributed by atoms with Gasteiger partial charge in [0.15, 0.2) is 0 Å². The van der Waals surface area contributed by atoms with Gasteiger partial charge >= 0.3 is 6.09 Å². The van der Waals surface area contributed by atoms with Crippen LogP contribution in [-0.4, -0.2) is 33.3 Å². The lowest BCUT2D eigenvalue weighted by Crippen LogP contribution is -2.32. The van der Waals surface area contributed by atoms with E-state index >= 15 is 0 Å². The second-order valence-corrected chi connectivity index (χ2v) is 5.40. The zero-order valence-electron chi connectivity index (χ0n) is 11.6. The maximum Gasteiger partial charge on any atom is 0.414 e. The summed E-state index contributed by atoms with van der Waals surface area (Å²) in [7, 11) is 0. The Labute approximate surface area is 112 Å². The van der Waals surface area contributed by atoms with Crippen LogP contribution in [0, 0.1) is 0 Å². The van der Waals surface area contributed by atoms with Crippen molar-refractivity contribution in [2.45, 2.75) is 38.9 Å². The highest BCUT2D eigenvalue weighted by Crippen LogP contribution is 2.17. The number of amides is 1. The summed E-state index contributed by atoms with van der Waals surface area (Å²) in [5.74, 6) is 0.103. The lowest BCUT2D eigenvalue weighted by atomic mass is 10.00. The fraction of sp³-hybridized carbons (Fsp3) is 0.583. The smallest absolute Gasteiger partial charge is 0.414 e. The highest BCUT2D eigenvalue weighted by molar-refractivity contribution is 5.82. The molecule has 1 unspecified atom stereocenters. The fourth-order valence-electron chi connectivity index (χ4n) is 1.18. The summed E-state index contributed by atoms with van der Waals surface area (Å²) in [5.41, 5.74) is 4.13. The average Bonchev–Trinajstić information content (AvgIpc) is 2.27. The number of carbonyl (C=O) groups is 1. The van der Waals surface area contributed by atoms with Gasteiger partial charge in [0.05, 0.1) is 0 Å². The molecule has 0 spiro atoms. The Morgan fingerprint density at radius 1 is 1.37 bits per heavy atom. The number of anilines is 1. The molecule has 0 fully saturated rings. The predicted octanol–water partition coefficient (Wildman–Crippen LogP) is 0.990. The van der Waals surface area contributed by atoms with Gasteiger partial charge in [-0.25, -0.2) is 14.8 Å². The van der Waals surface area contributed by atoms with E-state index in [0.717, 1.165) is 0 Å². The molecule has 0 saturated heterocycles. The van der Waals surface area contributed by atoms with Gasteiger partial charge < -0.3 is 15.6 Å². The molecule has 0 radical (unpaired) electrons. The molecule has 0 aliphatic rings. The van der Waals surface area contributed by atoms with E-state index in [0.29, 0.717) is 5.56 Å². The van der Waals surface area contributed by atoms with Crippen molar-refractivity contribution in [3.63, 3.8) is 0 Å². The SMILES string of the molecule is CC(C)(C)OC(=O)Nc1ncc(C(C)(O)CN)cn1. The Bertz CT molecular complexity index is 437. The van der Waals surface area contributed by atoms with Crippen LogP contribution in [0.2, 0.25) is 0 Å². The topological polar surface area (TPSA) is 110 Å². The highest BCUT2D eigenvalue weighted by Gasteiger charge is 2.22. The Balaban J connectivity index is 2.70. The number of carbonyl (C=O) groups excluding carboxylic acids is 1. The van der Waals surface area contributed by atoms with Crippen LogP contribution in [0.1, 0.15) is 33.3 Å². The van der Waals surface area contributed by atoms with E-state index in [-0.39, 0.29) is 12.5 Å². The summed E-state index contributed by atoms with van der Waals surface area (Å²) in [6, 6.07) is 0. The monoisotopic (exact) mass is 268 g/mol. The first kappa shape index (κ1) is 15.3. The van der Waals surface area contributed by atoms with Crippen LogP contribution in [0.25, 0.3) is 0 Å². The van der Waals surface area contributed by atoms with Crippen molar-refractivity contribution in [2.75, 3.05) is 11.9 Å². The molecule has 1 amide bonds. The molecule has 7 heteroatoms. The number of nitrogens with one attached hydrogen (secondary N) is 1. The van der Waals surface area contributed by atoms with Crippen molar-refractivity contribution in [1.29, 1.82) is 0 Å². The van der Waals surface area contributed by atoms with Gasteiger partial charge in [-0.05, 0) is 27.7 Å². The maximum atomic E-state index is 11.5. The molecule has 1 aromatic rings. The number of nitrogens with zero attached hydrogens (tertiary/aromatic N) is 2. The van der Waals surface area contributed by atoms with E-state index in [1.807, 2.05) is 0 Å². The first-order chi connectivity index (χ1) is 8.64. The van der Waals surface area contributed by atoms with E-state index in [2.05, 4.69) is 15.3 Å². The minimum absolute atomic E-state index is 0.0508. The molecule has 1 aromatic heterocycles. The lowest BCUT2D eigenvalue weighted by molar-refractivity contribution is 0.0634. The summed E-state index contributed by atoms with van der Waals surface area (Å²) in [6.07, 6.45) is 2.19. The standard InChI is InChI=1S/C12H20N4O3/c1-11(2,3)19-10(17)16-9-14-5-8(6-15-9)12(4,18)7-13/h5-6,18H,7,13H2,1-4H3,(H,14,15,16,17). The number of hydrogen-bond acceptors (Lipinski definition) is 6. The maximum absolute atomic E-state index is 11.5. The average molecular weight is 268 g/mol. The quantitative estimate of drug-likeness (QED) is 0.754. The molecule has 19 heavy (non-hydrogen) atoms. The molecule has 1 atom stereocenters. The van der Waals surface area contributed by atoms with Crippen molar-refractivity contribution >= 4 is 12.0 Å². The Morgan fingerprint density at radius 2 is 1.89 bits per heavy atom. The van der Waals surface area contributed by atoms with E-state index in [1.54, 1.807) is 27.7 Å². The largest absolute Gasteiger partial charge is 0.444 e. The van der Waals surface area contributed by atoms with E-state index in [1.165, 1.54) is 12.4 Å². The van der Waals surface area contributed by atoms with Gasteiger partial charge in [0, 0.05) is 24.5 Å². The van der Waals surface area contributed by atoms with Gasteiger partial charge in [-0.15, -0.1) is 0 Å². The second kappa shape index (κ2) is 5.50. The molecule has 0 aliphatic heterocycles. The zero-order valence-corrected chi connectivity index (χ0v) is 11.6. The number of rotatable bonds is 3. The molecule has 0 aromatic carbocycles. The van der Waals surface area contributed by atoms with Crippen LogP contribution in [-0.2, 0) is 10.3 Å². The molecular weight excluding hydrogens is 248 g/mol. The van der Waals surface area contributed by atoms with E-state index in [9.17, 15) is 9.90 Å². The van der Waals surface area contributed by atoms with Crippen molar-refractivity contribution in [3.05, 3.63) is 18.0 Å². The number of aliphatic hydroxyl groups is 1. The molecule has 0 aliphatic carbocycles. The van der Waals surface area contributed by atoms with Crippen LogP contribution in [0.3, 0.4) is 0 Å². The first-order valence-electron chi connectivity index (χ1n) is 5.89. The Morgan fingerprint density at radius 3 is 2.32 bits per heavy atom. The molecule has 0 bridgehead atoms. The minimum atomic E-state index is -1.19. The van der Waals surface area contributed by atoms with Crippen molar-refractivity contribution < 1.29 is 14.6 Å². The number of nitrogens with two attached hydrogens (primary N) is 1. The summed E-state index contributed by atoms with van der Waals surface area (Å²) < 4.78 is 5.06. The van der Waals surface area contributed by atoms with Gasteiger partial charge in [0.25, 0.3) is 0 Å². The molecule has 7 nitrogen and oxygen atoms in total. The molecular formula is C12H20N4O3. The van der Waals surface area contributed by atoms with Gasteiger partial charge in [-0.3, -0.25) is 5.32 Å². The summed E-state index contributed by atoms with van der Waals surface area (Å²) in [5, 5.41) is 12.3. The van der Waals surface area contributed by atoms with Crippen molar-refractivity contribution in [2.24, 2.45) is 5.73 Å². The fourth-order valence-corrected chi connectivity index (χ4v) is 1.18. The third kappa shape index (κ3) is 4.80. The molecule has 4 N–H and O–H groups in total. The minimum Gasteiger partial charge on any atom is -0.444 e. The Hall–Kier alpha value is -1.73. The zero-order chi connectivity index (χ0) is 14.7. The van der Waals surface area contributed by atoms with E-state index in [4.69, 9.17) is 10.5 Å². The molecule has 0 saturated carbocycles. The second-order valence-electron chi connectivity index (χ2n) is 5.40. The van der Waals surface area contributed by atoms with Gasteiger partial charge in [0.1, 0.15) is 11.2 Å². The van der Waals surface area contributed by atoms with Gasteiger partial charge in [0.2, 0.25) is 5.95 Å². The number of hydrogen-bond donors (Lipinski definition) is 3. The van der Waals surface area contributed by atoms with Crippen LogP contribution in [0.15, 0.2) is 12.4 Å². The number of aromatic nitrogens is 2.